The molecule has 1 unspecified atom stereocenters. The van der Waals surface area contributed by atoms with Crippen molar-refractivity contribution in [1.29, 1.82) is 0 Å². The first-order valence-electron chi connectivity index (χ1n) is 6.36. The number of nitro groups is 2. The Kier molecular flexibility index (Phi) is 4.65. The number of hydrogen-bond donors (Lipinski definition) is 1. The van der Waals surface area contributed by atoms with E-state index in [1.807, 2.05) is 27.7 Å². The van der Waals surface area contributed by atoms with Crippen LogP contribution in [0.4, 0.5) is 17.1 Å². The Morgan fingerprint density at radius 3 is 1.90 bits per heavy atom. The van der Waals surface area contributed by atoms with Crippen LogP contribution >= 0.6 is 0 Å². The highest BCUT2D eigenvalue weighted by atomic mass is 16.6. The fourth-order valence-corrected chi connectivity index (χ4v) is 2.09. The van der Waals surface area contributed by atoms with Gasteiger partial charge in [-0.2, -0.15) is 0 Å². The average molecular weight is 281 g/mol. The van der Waals surface area contributed by atoms with Gasteiger partial charge < -0.3 is 5.32 Å². The number of benzene rings is 1. The Morgan fingerprint density at radius 2 is 1.60 bits per heavy atom. The molecule has 0 spiro atoms. The Hall–Kier alpha value is -2.18. The van der Waals surface area contributed by atoms with E-state index >= 15 is 0 Å². The van der Waals surface area contributed by atoms with E-state index in [-0.39, 0.29) is 28.5 Å². The van der Waals surface area contributed by atoms with Crippen LogP contribution in [0, 0.1) is 25.6 Å². The number of rotatable bonds is 5. The summed E-state index contributed by atoms with van der Waals surface area (Å²) in [6.07, 6.45) is 0.701. The molecule has 1 atom stereocenters. The van der Waals surface area contributed by atoms with Crippen molar-refractivity contribution >= 4 is 17.1 Å². The van der Waals surface area contributed by atoms with Crippen LogP contribution in [0.5, 0.6) is 0 Å². The molecular formula is C13H19N3O4. The average Bonchev–Trinajstić information content (AvgIpc) is 2.33. The van der Waals surface area contributed by atoms with Crippen LogP contribution in [0.2, 0.25) is 0 Å². The molecule has 1 N–H and O–H groups in total. The first kappa shape index (κ1) is 15.9. The topological polar surface area (TPSA) is 98.3 Å². The fourth-order valence-electron chi connectivity index (χ4n) is 2.09. The Bertz CT molecular complexity index is 491. The van der Waals surface area contributed by atoms with Crippen LogP contribution in [-0.2, 0) is 0 Å². The molecule has 0 amide bonds. The summed E-state index contributed by atoms with van der Waals surface area (Å²) >= 11 is 0. The molecule has 1 aromatic rings. The van der Waals surface area contributed by atoms with E-state index < -0.39 is 9.85 Å². The summed E-state index contributed by atoms with van der Waals surface area (Å²) in [4.78, 5) is 20.9. The van der Waals surface area contributed by atoms with Gasteiger partial charge in [-0.05, 0) is 17.9 Å². The van der Waals surface area contributed by atoms with Crippen LogP contribution in [0.1, 0.15) is 34.1 Å². The molecule has 0 heterocycles. The van der Waals surface area contributed by atoms with Crippen molar-refractivity contribution in [3.63, 3.8) is 0 Å². The number of anilines is 1. The van der Waals surface area contributed by atoms with E-state index in [9.17, 15) is 20.2 Å². The van der Waals surface area contributed by atoms with Crippen molar-refractivity contribution in [2.24, 2.45) is 5.41 Å². The SMILES string of the molecule is CCC(Nc1c([N+](=O)[O-])cccc1[N+](=O)[O-])C(C)(C)C. The van der Waals surface area contributed by atoms with E-state index in [1.54, 1.807) is 0 Å². The predicted molar refractivity (Wildman–Crippen MR) is 76.9 cm³/mol. The van der Waals surface area contributed by atoms with Crippen molar-refractivity contribution < 1.29 is 9.85 Å². The maximum absolute atomic E-state index is 11.1. The second-order valence-corrected chi connectivity index (χ2v) is 5.66. The molecule has 7 nitrogen and oxygen atoms in total. The van der Waals surface area contributed by atoms with Gasteiger partial charge in [0.05, 0.1) is 9.85 Å². The molecule has 20 heavy (non-hydrogen) atoms. The zero-order valence-corrected chi connectivity index (χ0v) is 12.0. The van der Waals surface area contributed by atoms with Crippen LogP contribution < -0.4 is 5.32 Å². The van der Waals surface area contributed by atoms with Gasteiger partial charge in [0.1, 0.15) is 0 Å². The van der Waals surface area contributed by atoms with Gasteiger partial charge >= 0.3 is 0 Å². The van der Waals surface area contributed by atoms with E-state index in [0.29, 0.717) is 6.42 Å². The predicted octanol–water partition coefficient (Wildman–Crippen LogP) is 3.74. The van der Waals surface area contributed by atoms with Gasteiger partial charge in [-0.3, -0.25) is 20.2 Å². The van der Waals surface area contributed by atoms with Crippen LogP contribution in [0.25, 0.3) is 0 Å². The highest BCUT2D eigenvalue weighted by Gasteiger charge is 2.30. The molecule has 1 rings (SSSR count). The smallest absolute Gasteiger partial charge is 0.299 e. The molecule has 0 bridgehead atoms. The maximum atomic E-state index is 11.1. The number of nitrogens with one attached hydrogen (secondary N) is 1. The van der Waals surface area contributed by atoms with Crippen LogP contribution in [0.15, 0.2) is 18.2 Å². The van der Waals surface area contributed by atoms with Crippen molar-refractivity contribution in [1.82, 2.24) is 0 Å². The van der Waals surface area contributed by atoms with Crippen molar-refractivity contribution in [2.45, 2.75) is 40.2 Å². The van der Waals surface area contributed by atoms with Crippen molar-refractivity contribution in [3.8, 4) is 0 Å². The Morgan fingerprint density at radius 1 is 1.15 bits per heavy atom. The molecule has 1 aromatic carbocycles. The summed E-state index contributed by atoms with van der Waals surface area (Å²) in [5, 5.41) is 25.1. The monoisotopic (exact) mass is 281 g/mol. The van der Waals surface area contributed by atoms with Gasteiger partial charge in [0.2, 0.25) is 0 Å². The summed E-state index contributed by atoms with van der Waals surface area (Å²) in [5.41, 5.74) is -0.750. The molecule has 7 heteroatoms. The molecule has 0 aromatic heterocycles. The van der Waals surface area contributed by atoms with Gasteiger partial charge in [-0.15, -0.1) is 0 Å². The maximum Gasteiger partial charge on any atom is 0.299 e. The van der Waals surface area contributed by atoms with Gasteiger partial charge in [-0.1, -0.05) is 27.7 Å². The van der Waals surface area contributed by atoms with E-state index in [1.165, 1.54) is 18.2 Å². The highest BCUT2D eigenvalue weighted by molar-refractivity contribution is 5.73. The molecule has 0 aliphatic carbocycles. The summed E-state index contributed by atoms with van der Waals surface area (Å²) in [5.74, 6) is 0. The molecule has 0 radical (unpaired) electrons. The van der Waals surface area contributed by atoms with Crippen LogP contribution in [0.3, 0.4) is 0 Å². The second kappa shape index (κ2) is 5.85. The van der Waals surface area contributed by atoms with Gasteiger partial charge in [0, 0.05) is 18.2 Å². The van der Waals surface area contributed by atoms with Gasteiger partial charge in [0.25, 0.3) is 11.4 Å². The first-order chi connectivity index (χ1) is 9.18. The van der Waals surface area contributed by atoms with Gasteiger partial charge in [0.15, 0.2) is 5.69 Å². The summed E-state index contributed by atoms with van der Waals surface area (Å²) < 4.78 is 0. The minimum Gasteiger partial charge on any atom is -0.371 e. The van der Waals surface area contributed by atoms with E-state index in [2.05, 4.69) is 5.32 Å². The van der Waals surface area contributed by atoms with Gasteiger partial charge in [-0.25, -0.2) is 0 Å². The standard InChI is InChI=1S/C13H19N3O4/c1-5-11(13(2,3)4)14-12-9(15(17)18)7-6-8-10(12)16(19)20/h6-8,11,14H,5H2,1-4H3. The first-order valence-corrected chi connectivity index (χ1v) is 6.36. The summed E-state index contributed by atoms with van der Waals surface area (Å²) in [6.45, 7) is 7.88. The van der Waals surface area contributed by atoms with Crippen LogP contribution in [-0.4, -0.2) is 15.9 Å². The minimum absolute atomic E-state index is 0.0238. The Balaban J connectivity index is 3.33. The number of hydrogen-bond acceptors (Lipinski definition) is 5. The second-order valence-electron chi connectivity index (χ2n) is 5.66. The van der Waals surface area contributed by atoms with E-state index in [4.69, 9.17) is 0 Å². The quantitative estimate of drug-likeness (QED) is 0.654. The third kappa shape index (κ3) is 3.43. The lowest BCUT2D eigenvalue weighted by atomic mass is 9.85. The molecule has 0 aliphatic heterocycles. The molecule has 0 saturated heterocycles. The van der Waals surface area contributed by atoms with E-state index in [0.717, 1.165) is 0 Å². The largest absolute Gasteiger partial charge is 0.371 e. The zero-order chi connectivity index (χ0) is 15.5. The van der Waals surface area contributed by atoms with Crippen molar-refractivity contribution in [2.75, 3.05) is 5.32 Å². The fraction of sp³-hybridized carbons (Fsp3) is 0.538. The molecule has 0 fully saturated rings. The number of para-hydroxylation sites is 1. The Labute approximate surface area is 117 Å². The summed E-state index contributed by atoms with van der Waals surface area (Å²) in [7, 11) is 0. The molecule has 0 aliphatic rings. The normalized spacial score (nSPS) is 12.8. The lowest BCUT2D eigenvalue weighted by molar-refractivity contribution is -0.392. The van der Waals surface area contributed by atoms with Crippen molar-refractivity contribution in [3.05, 3.63) is 38.4 Å². The molecule has 110 valence electrons. The molecule has 0 saturated carbocycles. The highest BCUT2D eigenvalue weighted by Crippen LogP contribution is 2.37. The molecular weight excluding hydrogens is 262 g/mol. The number of nitro benzene ring substituents is 2. The number of nitrogens with zero attached hydrogens (tertiary/aromatic N) is 2. The lowest BCUT2D eigenvalue weighted by Gasteiger charge is -2.31. The minimum atomic E-state index is -0.606. The summed E-state index contributed by atoms with van der Waals surface area (Å²) in [6, 6.07) is 3.75. The zero-order valence-electron chi connectivity index (χ0n) is 12.0. The third-order valence-electron chi connectivity index (χ3n) is 3.19. The third-order valence-corrected chi connectivity index (χ3v) is 3.19. The lowest BCUT2D eigenvalue weighted by Crippen LogP contribution is -2.33.